The smallest absolute Gasteiger partial charge is 0.407 e. The first-order valence-corrected chi connectivity index (χ1v) is 8.27. The second kappa shape index (κ2) is 7.59. The highest BCUT2D eigenvalue weighted by atomic mass is 19.3. The van der Waals surface area contributed by atoms with Crippen molar-refractivity contribution in [1.82, 2.24) is 15.2 Å². The first kappa shape index (κ1) is 19.5. The van der Waals surface area contributed by atoms with Crippen LogP contribution in [0.15, 0.2) is 18.3 Å². The van der Waals surface area contributed by atoms with Crippen LogP contribution in [0.2, 0.25) is 0 Å². The van der Waals surface area contributed by atoms with Crippen molar-refractivity contribution in [2.24, 2.45) is 0 Å². The molecule has 5 nitrogen and oxygen atoms in total. The predicted octanol–water partition coefficient (Wildman–Crippen LogP) is 3.30. The number of carbonyl (C=O) groups excluding carboxylic acids is 1. The van der Waals surface area contributed by atoms with Gasteiger partial charge in [-0.15, -0.1) is 0 Å². The van der Waals surface area contributed by atoms with Gasteiger partial charge in [-0.2, -0.15) is 8.78 Å². The van der Waals surface area contributed by atoms with Gasteiger partial charge in [-0.1, -0.05) is 0 Å². The van der Waals surface area contributed by atoms with Crippen molar-refractivity contribution in [3.8, 4) is 0 Å². The minimum Gasteiger partial charge on any atom is -0.444 e. The lowest BCUT2D eigenvalue weighted by molar-refractivity contribution is -0.0471. The van der Waals surface area contributed by atoms with Gasteiger partial charge in [0.2, 0.25) is 0 Å². The van der Waals surface area contributed by atoms with Gasteiger partial charge in [-0.3, -0.25) is 9.88 Å². The van der Waals surface area contributed by atoms with E-state index >= 15 is 0 Å². The average Bonchev–Trinajstić information content (AvgIpc) is 2.47. The van der Waals surface area contributed by atoms with Crippen LogP contribution in [0.4, 0.5) is 18.0 Å². The van der Waals surface area contributed by atoms with Crippen LogP contribution in [0.1, 0.15) is 39.3 Å². The number of alkyl halides is 2. The molecule has 2 heterocycles. The summed E-state index contributed by atoms with van der Waals surface area (Å²) in [5.74, 6) is -3.80. The number of nitrogens with zero attached hydrogens (tertiary/aromatic N) is 2. The molecule has 140 valence electrons. The number of hydrogen-bond donors (Lipinski definition) is 1. The SMILES string of the molecule is CC(C)(C)OC(=O)NC1CCN(CC(F)(F)c2ccc(F)cn2)CC1. The van der Waals surface area contributed by atoms with Crippen molar-refractivity contribution >= 4 is 6.09 Å². The quantitative estimate of drug-likeness (QED) is 0.896. The molecule has 1 aromatic heterocycles. The number of hydrogen-bond acceptors (Lipinski definition) is 4. The molecular formula is C17H24F3N3O2. The zero-order chi connectivity index (χ0) is 18.7. The standard InChI is InChI=1S/C17H24F3N3O2/c1-16(2,3)25-15(24)22-13-6-8-23(9-7-13)11-17(19,20)14-5-4-12(18)10-21-14/h4-5,10,13H,6-9,11H2,1-3H3,(H,22,24). The topological polar surface area (TPSA) is 54.5 Å². The van der Waals surface area contributed by atoms with E-state index in [0.717, 1.165) is 18.3 Å². The van der Waals surface area contributed by atoms with Gasteiger partial charge in [0.05, 0.1) is 12.7 Å². The normalized spacial score (nSPS) is 17.4. The second-order valence-corrected chi connectivity index (χ2v) is 7.26. The Labute approximate surface area is 145 Å². The molecule has 1 aromatic rings. The lowest BCUT2D eigenvalue weighted by atomic mass is 10.0. The minimum absolute atomic E-state index is 0.0938. The van der Waals surface area contributed by atoms with Crippen LogP contribution >= 0.6 is 0 Å². The highest BCUT2D eigenvalue weighted by Crippen LogP contribution is 2.28. The van der Waals surface area contributed by atoms with Crippen molar-refractivity contribution in [1.29, 1.82) is 0 Å². The van der Waals surface area contributed by atoms with Crippen LogP contribution in [0.25, 0.3) is 0 Å². The third kappa shape index (κ3) is 6.19. The number of carbonyl (C=O) groups is 1. The zero-order valence-corrected chi connectivity index (χ0v) is 14.7. The number of piperidine rings is 1. The molecule has 25 heavy (non-hydrogen) atoms. The van der Waals surface area contributed by atoms with Gasteiger partial charge in [-0.25, -0.2) is 9.18 Å². The molecule has 0 bridgehead atoms. The number of pyridine rings is 1. The summed E-state index contributed by atoms with van der Waals surface area (Å²) in [5.41, 5.74) is -1.02. The van der Waals surface area contributed by atoms with Crippen LogP contribution in [0.5, 0.6) is 0 Å². The third-order valence-corrected chi connectivity index (χ3v) is 3.83. The lowest BCUT2D eigenvalue weighted by Crippen LogP contribution is -2.48. The van der Waals surface area contributed by atoms with E-state index in [4.69, 9.17) is 4.74 Å². The Bertz CT molecular complexity index is 580. The fraction of sp³-hybridized carbons (Fsp3) is 0.647. The van der Waals surface area contributed by atoms with Crippen molar-refractivity contribution < 1.29 is 22.7 Å². The summed E-state index contributed by atoms with van der Waals surface area (Å²) in [6, 6.07) is 1.89. The lowest BCUT2D eigenvalue weighted by Gasteiger charge is -2.34. The summed E-state index contributed by atoms with van der Waals surface area (Å²) in [7, 11) is 0. The van der Waals surface area contributed by atoms with Crippen LogP contribution in [0.3, 0.4) is 0 Å². The summed E-state index contributed by atoms with van der Waals surface area (Å²) in [6.45, 7) is 5.71. The minimum atomic E-state index is -3.15. The fourth-order valence-corrected chi connectivity index (χ4v) is 2.66. The van der Waals surface area contributed by atoms with Gasteiger partial charge >= 0.3 is 12.0 Å². The Hall–Kier alpha value is -1.83. The summed E-state index contributed by atoms with van der Waals surface area (Å²) in [5, 5.41) is 2.77. The number of halogens is 3. The third-order valence-electron chi connectivity index (χ3n) is 3.83. The average molecular weight is 359 g/mol. The maximum absolute atomic E-state index is 14.2. The highest BCUT2D eigenvalue weighted by molar-refractivity contribution is 5.68. The van der Waals surface area contributed by atoms with Gasteiger partial charge in [-0.05, 0) is 45.7 Å². The zero-order valence-electron chi connectivity index (χ0n) is 14.7. The van der Waals surface area contributed by atoms with Gasteiger partial charge < -0.3 is 10.1 Å². The van der Waals surface area contributed by atoms with Crippen LogP contribution in [-0.2, 0) is 10.7 Å². The molecule has 0 aromatic carbocycles. The summed E-state index contributed by atoms with van der Waals surface area (Å²) < 4.78 is 46.5. The van der Waals surface area contributed by atoms with E-state index in [9.17, 15) is 18.0 Å². The Kier molecular flexibility index (Phi) is 5.92. The molecule has 2 rings (SSSR count). The number of rotatable bonds is 4. The predicted molar refractivity (Wildman–Crippen MR) is 86.9 cm³/mol. The molecule has 8 heteroatoms. The van der Waals surface area contributed by atoms with Gasteiger partial charge in [0.25, 0.3) is 0 Å². The molecule has 0 radical (unpaired) electrons. The van der Waals surface area contributed by atoms with Crippen LogP contribution in [0, 0.1) is 5.82 Å². The van der Waals surface area contributed by atoms with E-state index < -0.39 is 35.7 Å². The number of alkyl carbamates (subject to hydrolysis) is 1. The summed E-state index contributed by atoms with van der Waals surface area (Å²) in [4.78, 5) is 16.8. The molecule has 1 N–H and O–H groups in total. The molecule has 1 saturated heterocycles. The molecule has 0 spiro atoms. The van der Waals surface area contributed by atoms with Crippen LogP contribution < -0.4 is 5.32 Å². The van der Waals surface area contributed by atoms with E-state index in [-0.39, 0.29) is 6.04 Å². The maximum atomic E-state index is 14.2. The van der Waals surface area contributed by atoms with Gasteiger partial charge in [0, 0.05) is 19.1 Å². The number of ether oxygens (including phenoxy) is 1. The number of likely N-dealkylation sites (tertiary alicyclic amines) is 1. The molecule has 0 unspecified atom stereocenters. The Morgan fingerprint density at radius 1 is 1.32 bits per heavy atom. The van der Waals surface area contributed by atoms with Gasteiger partial charge in [0.15, 0.2) is 0 Å². The molecular weight excluding hydrogens is 335 g/mol. The fourth-order valence-electron chi connectivity index (χ4n) is 2.66. The summed E-state index contributed by atoms with van der Waals surface area (Å²) in [6.07, 6.45) is 1.42. The largest absolute Gasteiger partial charge is 0.444 e. The van der Waals surface area contributed by atoms with Gasteiger partial charge in [0.1, 0.15) is 17.1 Å². The molecule has 1 fully saturated rings. The number of amides is 1. The highest BCUT2D eigenvalue weighted by Gasteiger charge is 2.37. The Morgan fingerprint density at radius 3 is 2.48 bits per heavy atom. The molecule has 1 aliphatic rings. The molecule has 1 amide bonds. The Balaban J connectivity index is 1.82. The first-order chi connectivity index (χ1) is 11.5. The second-order valence-electron chi connectivity index (χ2n) is 7.26. The molecule has 1 aliphatic heterocycles. The molecule has 0 aliphatic carbocycles. The monoisotopic (exact) mass is 359 g/mol. The number of nitrogens with one attached hydrogen (secondary N) is 1. The maximum Gasteiger partial charge on any atom is 0.407 e. The van der Waals surface area contributed by atoms with Crippen molar-refractivity contribution in [3.63, 3.8) is 0 Å². The van der Waals surface area contributed by atoms with E-state index in [1.807, 2.05) is 0 Å². The number of aromatic nitrogens is 1. The summed E-state index contributed by atoms with van der Waals surface area (Å²) >= 11 is 0. The van der Waals surface area contributed by atoms with E-state index in [0.29, 0.717) is 25.9 Å². The molecule has 0 saturated carbocycles. The van der Waals surface area contributed by atoms with E-state index in [1.165, 1.54) is 0 Å². The molecule has 0 atom stereocenters. The van der Waals surface area contributed by atoms with Crippen molar-refractivity contribution in [2.45, 2.75) is 51.2 Å². The van der Waals surface area contributed by atoms with E-state index in [2.05, 4.69) is 10.3 Å². The van der Waals surface area contributed by atoms with E-state index in [1.54, 1.807) is 25.7 Å². The Morgan fingerprint density at radius 2 is 1.96 bits per heavy atom. The van der Waals surface area contributed by atoms with Crippen molar-refractivity contribution in [2.75, 3.05) is 19.6 Å². The first-order valence-electron chi connectivity index (χ1n) is 8.27. The van der Waals surface area contributed by atoms with Crippen molar-refractivity contribution in [3.05, 3.63) is 29.8 Å². The van der Waals surface area contributed by atoms with Crippen LogP contribution in [-0.4, -0.2) is 47.3 Å².